The molecule has 1 N–H and O–H groups in total. The van der Waals surface area contributed by atoms with Crippen LogP contribution in [0.25, 0.3) is 0 Å². The fourth-order valence-electron chi connectivity index (χ4n) is 3.45. The van der Waals surface area contributed by atoms with Gasteiger partial charge in [-0.2, -0.15) is 4.31 Å². The first kappa shape index (κ1) is 25.7. The van der Waals surface area contributed by atoms with Gasteiger partial charge in [0.1, 0.15) is 22.9 Å². The Hall–Kier alpha value is -1.51. The number of hydrogen-bond donors (Lipinski definition) is 1. The summed E-state index contributed by atoms with van der Waals surface area (Å²) >= 11 is 6.10. The Morgan fingerprint density at radius 1 is 1.29 bits per heavy atom. The number of nitrogens with one attached hydrogen (secondary N) is 1. The van der Waals surface area contributed by atoms with Crippen molar-refractivity contribution in [3.8, 4) is 5.75 Å². The first-order valence-electron chi connectivity index (χ1n) is 10.6. The second kappa shape index (κ2) is 9.96. The molecule has 1 aromatic carbocycles. The lowest BCUT2D eigenvalue weighted by molar-refractivity contribution is 0.0476. The summed E-state index contributed by atoms with van der Waals surface area (Å²) in [6.45, 7) is 13.6. The first-order chi connectivity index (χ1) is 14.2. The maximum Gasteiger partial charge on any atom is 0.407 e. The molecule has 0 aromatic heterocycles. The highest BCUT2D eigenvalue weighted by Gasteiger charge is 2.39. The summed E-state index contributed by atoms with van der Waals surface area (Å²) < 4.78 is 40.1. The smallest absolute Gasteiger partial charge is 0.407 e. The number of carbonyl (C=O) groups is 1. The molecular weight excluding hydrogens is 440 g/mol. The van der Waals surface area contributed by atoms with Gasteiger partial charge in [-0.3, -0.25) is 0 Å². The summed E-state index contributed by atoms with van der Waals surface area (Å²) in [6.07, 6.45) is 0.0524. The average Bonchev–Trinajstić information content (AvgIpc) is 2.69. The Morgan fingerprint density at radius 2 is 1.94 bits per heavy atom. The number of rotatable bonds is 6. The Labute approximate surface area is 191 Å². The normalized spacial score (nSPS) is 20.0. The largest absolute Gasteiger partial charge is 0.490 e. The molecule has 7 nitrogen and oxygen atoms in total. The lowest BCUT2D eigenvalue weighted by atomic mass is 10.0. The summed E-state index contributed by atoms with van der Waals surface area (Å²) in [5, 5.41) is 3.17. The van der Waals surface area contributed by atoms with Crippen LogP contribution < -0.4 is 10.1 Å². The van der Waals surface area contributed by atoms with E-state index in [-0.39, 0.29) is 35.9 Å². The summed E-state index contributed by atoms with van der Waals surface area (Å²) in [7, 11) is -3.90. The predicted molar refractivity (Wildman–Crippen MR) is 122 cm³/mol. The highest BCUT2D eigenvalue weighted by Crippen LogP contribution is 2.35. The molecule has 0 bridgehead atoms. The molecule has 31 heavy (non-hydrogen) atoms. The van der Waals surface area contributed by atoms with Gasteiger partial charge in [-0.25, -0.2) is 13.2 Å². The van der Waals surface area contributed by atoms with Crippen molar-refractivity contribution in [2.45, 2.75) is 77.5 Å². The molecule has 0 radical (unpaired) electrons. The van der Waals surface area contributed by atoms with E-state index in [0.717, 1.165) is 0 Å². The molecule has 0 spiro atoms. The van der Waals surface area contributed by atoms with E-state index in [1.54, 1.807) is 32.9 Å². The molecular formula is C22H35ClN2O5S. The third-order valence-corrected chi connectivity index (χ3v) is 7.13. The average molecular weight is 475 g/mol. The Bertz CT molecular complexity index is 880. The third kappa shape index (κ3) is 6.99. The number of nitrogens with zero attached hydrogens (tertiary/aromatic N) is 1. The topological polar surface area (TPSA) is 84.9 Å². The molecule has 0 fully saturated rings. The van der Waals surface area contributed by atoms with Gasteiger partial charge in [-0.05, 0) is 57.2 Å². The maximum absolute atomic E-state index is 13.7. The van der Waals surface area contributed by atoms with Gasteiger partial charge in [0.15, 0.2) is 0 Å². The molecule has 9 heteroatoms. The van der Waals surface area contributed by atoms with E-state index >= 15 is 0 Å². The van der Waals surface area contributed by atoms with Gasteiger partial charge in [0.05, 0.1) is 6.04 Å². The number of fused-ring (bicyclic) bond motifs is 1. The molecule has 0 aliphatic carbocycles. The number of hydrogen-bond acceptors (Lipinski definition) is 5. The first-order valence-corrected chi connectivity index (χ1v) is 12.5. The van der Waals surface area contributed by atoms with Crippen molar-refractivity contribution in [1.29, 1.82) is 0 Å². The van der Waals surface area contributed by atoms with E-state index in [0.29, 0.717) is 17.2 Å². The highest BCUT2D eigenvalue weighted by molar-refractivity contribution is 7.89. The molecule has 0 saturated carbocycles. The SMILES string of the molecule is CC(C)C[C@H]1COc2ccc(Cl)cc2S(=O)(=O)N1C[C@H](NC(=O)OC(C)(C)C)C(C)C. The Morgan fingerprint density at radius 3 is 2.48 bits per heavy atom. The van der Waals surface area contributed by atoms with E-state index in [1.165, 1.54) is 10.4 Å². The van der Waals surface area contributed by atoms with Crippen LogP contribution in [0.15, 0.2) is 23.1 Å². The second-order valence-electron chi connectivity index (χ2n) is 9.76. The van der Waals surface area contributed by atoms with Crippen LogP contribution in [-0.4, -0.2) is 49.7 Å². The minimum Gasteiger partial charge on any atom is -0.490 e. The Balaban J connectivity index is 2.41. The van der Waals surface area contributed by atoms with Gasteiger partial charge in [0, 0.05) is 17.6 Å². The van der Waals surface area contributed by atoms with E-state index in [4.69, 9.17) is 21.1 Å². The van der Waals surface area contributed by atoms with Crippen molar-refractivity contribution in [1.82, 2.24) is 9.62 Å². The number of ether oxygens (including phenoxy) is 2. The maximum atomic E-state index is 13.7. The van der Waals surface area contributed by atoms with Gasteiger partial charge >= 0.3 is 6.09 Å². The zero-order chi connectivity index (χ0) is 23.6. The molecule has 1 amide bonds. The lowest BCUT2D eigenvalue weighted by Gasteiger charge is -2.34. The van der Waals surface area contributed by atoms with Crippen LogP contribution in [0.2, 0.25) is 5.02 Å². The van der Waals surface area contributed by atoms with Gasteiger partial charge in [-0.15, -0.1) is 0 Å². The lowest BCUT2D eigenvalue weighted by Crippen LogP contribution is -2.53. The summed E-state index contributed by atoms with van der Waals surface area (Å²) in [6, 6.07) is 3.80. The van der Waals surface area contributed by atoms with E-state index in [9.17, 15) is 13.2 Å². The summed E-state index contributed by atoms with van der Waals surface area (Å²) in [4.78, 5) is 12.5. The third-order valence-electron chi connectivity index (χ3n) is 4.96. The zero-order valence-electron chi connectivity index (χ0n) is 19.4. The number of halogens is 1. The number of alkyl carbamates (subject to hydrolysis) is 1. The van der Waals surface area contributed by atoms with Crippen LogP contribution >= 0.6 is 11.6 Å². The Kier molecular flexibility index (Phi) is 8.27. The molecule has 1 aliphatic heterocycles. The van der Waals surface area contributed by atoms with Crippen LogP contribution in [-0.2, 0) is 14.8 Å². The number of carbonyl (C=O) groups excluding carboxylic acids is 1. The molecule has 2 atom stereocenters. The fourth-order valence-corrected chi connectivity index (χ4v) is 5.49. The van der Waals surface area contributed by atoms with E-state index < -0.39 is 27.8 Å². The number of benzene rings is 1. The highest BCUT2D eigenvalue weighted by atomic mass is 35.5. The molecule has 0 saturated heterocycles. The predicted octanol–water partition coefficient (Wildman–Crippen LogP) is 4.69. The molecule has 2 rings (SSSR count). The number of amides is 1. The van der Waals surface area contributed by atoms with Gasteiger partial charge in [-0.1, -0.05) is 39.3 Å². The summed E-state index contributed by atoms with van der Waals surface area (Å²) in [5.74, 6) is 0.527. The van der Waals surface area contributed by atoms with Crippen molar-refractivity contribution in [2.75, 3.05) is 13.2 Å². The quantitative estimate of drug-likeness (QED) is 0.646. The van der Waals surface area contributed by atoms with E-state index in [2.05, 4.69) is 5.32 Å². The standard InChI is InChI=1S/C22H35ClN2O5S/c1-14(2)10-17-13-29-19-9-8-16(23)11-20(19)31(27,28)25(17)12-18(15(3)4)24-21(26)30-22(5,6)7/h8-9,11,14-15,17-18H,10,12-13H2,1-7H3,(H,24,26)/t17-,18-/m0/s1. The monoisotopic (exact) mass is 474 g/mol. The van der Waals surface area contributed by atoms with Crippen molar-refractivity contribution in [3.63, 3.8) is 0 Å². The minimum atomic E-state index is -3.90. The second-order valence-corrected chi connectivity index (χ2v) is 12.1. The minimum absolute atomic E-state index is 0.0228. The van der Waals surface area contributed by atoms with Gasteiger partial charge in [0.2, 0.25) is 10.0 Å². The zero-order valence-corrected chi connectivity index (χ0v) is 21.0. The number of sulfonamides is 1. The molecule has 176 valence electrons. The van der Waals surface area contributed by atoms with E-state index in [1.807, 2.05) is 27.7 Å². The van der Waals surface area contributed by atoms with Crippen molar-refractivity contribution >= 4 is 27.7 Å². The van der Waals surface area contributed by atoms with Crippen LogP contribution in [0.5, 0.6) is 5.75 Å². The summed E-state index contributed by atoms with van der Waals surface area (Å²) in [5.41, 5.74) is -0.649. The van der Waals surface area contributed by atoms with Crippen molar-refractivity contribution < 1.29 is 22.7 Å². The fraction of sp³-hybridized carbons (Fsp3) is 0.682. The van der Waals surface area contributed by atoms with Gasteiger partial charge < -0.3 is 14.8 Å². The molecule has 1 heterocycles. The molecule has 1 aromatic rings. The van der Waals surface area contributed by atoms with Crippen LogP contribution in [0.1, 0.15) is 54.9 Å². The van der Waals surface area contributed by atoms with Crippen LogP contribution in [0.4, 0.5) is 4.79 Å². The van der Waals surface area contributed by atoms with Gasteiger partial charge in [0.25, 0.3) is 0 Å². The molecule has 1 aliphatic rings. The molecule has 0 unspecified atom stereocenters. The van der Waals surface area contributed by atoms with Crippen LogP contribution in [0.3, 0.4) is 0 Å². The van der Waals surface area contributed by atoms with Crippen molar-refractivity contribution in [2.24, 2.45) is 11.8 Å². The van der Waals surface area contributed by atoms with Crippen LogP contribution in [0, 0.1) is 11.8 Å². The van der Waals surface area contributed by atoms with Crippen molar-refractivity contribution in [3.05, 3.63) is 23.2 Å².